The van der Waals surface area contributed by atoms with Gasteiger partial charge in [0.2, 0.25) is 5.91 Å². The van der Waals surface area contributed by atoms with E-state index >= 15 is 0 Å². The fourth-order valence-electron chi connectivity index (χ4n) is 3.16. The molecule has 0 bridgehead atoms. The fourth-order valence-corrected chi connectivity index (χ4v) is 3.16. The molecular weight excluding hydrogens is 295 g/mol. The van der Waals surface area contributed by atoms with Gasteiger partial charge in [-0.15, -0.1) is 0 Å². The summed E-state index contributed by atoms with van der Waals surface area (Å²) in [5, 5.41) is 0. The van der Waals surface area contributed by atoms with E-state index in [-0.39, 0.29) is 11.8 Å². The molecule has 3 heterocycles. The lowest BCUT2D eigenvalue weighted by Gasteiger charge is -2.22. The summed E-state index contributed by atoms with van der Waals surface area (Å²) in [5.74, 6) is 0.0331. The second-order valence-electron chi connectivity index (χ2n) is 5.86. The Labute approximate surface area is 126 Å². The lowest BCUT2D eigenvalue weighted by Crippen LogP contribution is -2.35. The van der Waals surface area contributed by atoms with Crippen molar-refractivity contribution >= 4 is 11.6 Å². The Morgan fingerprint density at radius 3 is 2.64 bits per heavy atom. The standard InChI is InChI=1S/C15H18F3N3O/c16-15(17,18)13-9-12(3-5-19-13)21-8-4-11(10-21)14(22)20-6-1-2-7-20/h3,5,9,11H,1-2,4,6-8,10H2. The van der Waals surface area contributed by atoms with Crippen LogP contribution in [0.1, 0.15) is 25.0 Å². The number of carbonyl (C=O) groups excluding carboxylic acids is 1. The number of nitrogens with zero attached hydrogens (tertiary/aromatic N) is 3. The van der Waals surface area contributed by atoms with Gasteiger partial charge in [0.05, 0.1) is 5.92 Å². The number of aromatic nitrogens is 1. The molecule has 0 N–H and O–H groups in total. The molecule has 4 nitrogen and oxygen atoms in total. The van der Waals surface area contributed by atoms with Crippen LogP contribution >= 0.6 is 0 Å². The molecule has 7 heteroatoms. The summed E-state index contributed by atoms with van der Waals surface area (Å²) >= 11 is 0. The predicted octanol–water partition coefficient (Wildman–Crippen LogP) is 2.55. The second-order valence-corrected chi connectivity index (χ2v) is 5.86. The van der Waals surface area contributed by atoms with Gasteiger partial charge in [-0.2, -0.15) is 13.2 Å². The van der Waals surface area contributed by atoms with E-state index < -0.39 is 11.9 Å². The number of amides is 1. The molecule has 120 valence electrons. The summed E-state index contributed by atoms with van der Waals surface area (Å²) < 4.78 is 38.2. The summed E-state index contributed by atoms with van der Waals surface area (Å²) in [6.45, 7) is 2.70. The summed E-state index contributed by atoms with van der Waals surface area (Å²) in [6.07, 6.45) is -0.490. The van der Waals surface area contributed by atoms with Gasteiger partial charge in [-0.25, -0.2) is 0 Å². The first-order valence-electron chi connectivity index (χ1n) is 7.52. The summed E-state index contributed by atoms with van der Waals surface area (Å²) in [6, 6.07) is 2.63. The topological polar surface area (TPSA) is 36.4 Å². The maximum absolute atomic E-state index is 12.7. The number of carbonyl (C=O) groups is 1. The van der Waals surface area contributed by atoms with E-state index in [1.54, 1.807) is 6.07 Å². The van der Waals surface area contributed by atoms with Crippen molar-refractivity contribution < 1.29 is 18.0 Å². The van der Waals surface area contributed by atoms with Crippen molar-refractivity contribution in [2.45, 2.75) is 25.4 Å². The van der Waals surface area contributed by atoms with Crippen molar-refractivity contribution in [3.8, 4) is 0 Å². The van der Waals surface area contributed by atoms with Gasteiger partial charge in [0.25, 0.3) is 0 Å². The molecule has 0 saturated carbocycles. The van der Waals surface area contributed by atoms with Gasteiger partial charge < -0.3 is 9.80 Å². The van der Waals surface area contributed by atoms with Crippen LogP contribution in [0.25, 0.3) is 0 Å². The zero-order valence-corrected chi connectivity index (χ0v) is 12.1. The average Bonchev–Trinajstić information content (AvgIpc) is 3.17. The van der Waals surface area contributed by atoms with Crippen LogP contribution in [0, 0.1) is 5.92 Å². The third-order valence-corrected chi connectivity index (χ3v) is 4.35. The van der Waals surface area contributed by atoms with Crippen molar-refractivity contribution in [3.63, 3.8) is 0 Å². The molecule has 2 saturated heterocycles. The minimum atomic E-state index is -4.44. The van der Waals surface area contributed by atoms with E-state index in [1.165, 1.54) is 6.20 Å². The number of rotatable bonds is 2. The molecule has 0 spiro atoms. The maximum atomic E-state index is 12.7. The van der Waals surface area contributed by atoms with Crippen molar-refractivity contribution in [1.29, 1.82) is 0 Å². The molecule has 2 aliphatic heterocycles. The number of hydrogen-bond donors (Lipinski definition) is 0. The first-order chi connectivity index (χ1) is 10.4. The summed E-state index contributed by atoms with van der Waals surface area (Å²) in [7, 11) is 0. The molecular formula is C15H18F3N3O. The Kier molecular flexibility index (Phi) is 3.97. The fraction of sp³-hybridized carbons (Fsp3) is 0.600. The van der Waals surface area contributed by atoms with Gasteiger partial charge in [0, 0.05) is 38.1 Å². The molecule has 1 unspecified atom stereocenters. The molecule has 1 aromatic rings. The predicted molar refractivity (Wildman–Crippen MR) is 75.4 cm³/mol. The highest BCUT2D eigenvalue weighted by atomic mass is 19.4. The van der Waals surface area contributed by atoms with Crippen LogP contribution in [0.15, 0.2) is 18.3 Å². The van der Waals surface area contributed by atoms with Crippen LogP contribution in [-0.4, -0.2) is 42.0 Å². The van der Waals surface area contributed by atoms with E-state index in [1.807, 2.05) is 9.80 Å². The van der Waals surface area contributed by atoms with Gasteiger partial charge in [-0.3, -0.25) is 9.78 Å². The molecule has 0 aromatic carbocycles. The van der Waals surface area contributed by atoms with E-state index in [0.717, 1.165) is 32.0 Å². The summed E-state index contributed by atoms with van der Waals surface area (Å²) in [5.41, 5.74) is -0.404. The lowest BCUT2D eigenvalue weighted by atomic mass is 10.1. The van der Waals surface area contributed by atoms with Gasteiger partial charge in [0.15, 0.2) is 0 Å². The number of pyridine rings is 1. The zero-order valence-electron chi connectivity index (χ0n) is 12.1. The zero-order chi connectivity index (χ0) is 15.7. The first-order valence-corrected chi connectivity index (χ1v) is 7.52. The Bertz CT molecular complexity index is 555. The largest absolute Gasteiger partial charge is 0.433 e. The Balaban J connectivity index is 1.68. The number of likely N-dealkylation sites (tertiary alicyclic amines) is 1. The summed E-state index contributed by atoms with van der Waals surface area (Å²) in [4.78, 5) is 19.4. The van der Waals surface area contributed by atoms with Gasteiger partial charge in [-0.05, 0) is 31.4 Å². The maximum Gasteiger partial charge on any atom is 0.433 e. The smallest absolute Gasteiger partial charge is 0.371 e. The Morgan fingerprint density at radius 1 is 1.23 bits per heavy atom. The van der Waals surface area contributed by atoms with Gasteiger partial charge >= 0.3 is 6.18 Å². The first kappa shape index (κ1) is 15.1. The van der Waals surface area contributed by atoms with Gasteiger partial charge in [-0.1, -0.05) is 0 Å². The average molecular weight is 313 g/mol. The van der Waals surface area contributed by atoms with Crippen LogP contribution in [0.3, 0.4) is 0 Å². The van der Waals surface area contributed by atoms with E-state index in [9.17, 15) is 18.0 Å². The highest BCUT2D eigenvalue weighted by Crippen LogP contribution is 2.32. The molecule has 0 aliphatic carbocycles. The Morgan fingerprint density at radius 2 is 1.95 bits per heavy atom. The molecule has 2 aliphatic rings. The van der Waals surface area contributed by atoms with E-state index in [2.05, 4.69) is 4.98 Å². The number of alkyl halides is 3. The molecule has 1 amide bonds. The molecule has 2 fully saturated rings. The third-order valence-electron chi connectivity index (χ3n) is 4.35. The monoisotopic (exact) mass is 313 g/mol. The van der Waals surface area contributed by atoms with Crippen molar-refractivity contribution in [2.24, 2.45) is 5.92 Å². The number of anilines is 1. The minimum Gasteiger partial charge on any atom is -0.371 e. The van der Waals surface area contributed by atoms with Crippen LogP contribution in [0.2, 0.25) is 0 Å². The van der Waals surface area contributed by atoms with Crippen molar-refractivity contribution in [3.05, 3.63) is 24.0 Å². The van der Waals surface area contributed by atoms with E-state index in [0.29, 0.717) is 25.2 Å². The van der Waals surface area contributed by atoms with Crippen LogP contribution in [0.4, 0.5) is 18.9 Å². The highest BCUT2D eigenvalue weighted by Gasteiger charge is 2.35. The molecule has 22 heavy (non-hydrogen) atoms. The number of halogens is 3. The minimum absolute atomic E-state index is 0.111. The Hall–Kier alpha value is -1.79. The third kappa shape index (κ3) is 3.03. The number of hydrogen-bond acceptors (Lipinski definition) is 3. The van der Waals surface area contributed by atoms with Crippen LogP contribution in [-0.2, 0) is 11.0 Å². The van der Waals surface area contributed by atoms with Gasteiger partial charge in [0.1, 0.15) is 5.69 Å². The molecule has 1 aromatic heterocycles. The van der Waals surface area contributed by atoms with Crippen molar-refractivity contribution in [1.82, 2.24) is 9.88 Å². The normalized spacial score (nSPS) is 22.4. The lowest BCUT2D eigenvalue weighted by molar-refractivity contribution is -0.141. The van der Waals surface area contributed by atoms with Crippen molar-refractivity contribution in [2.75, 3.05) is 31.1 Å². The van der Waals surface area contributed by atoms with Crippen LogP contribution < -0.4 is 4.90 Å². The molecule has 3 rings (SSSR count). The highest BCUT2D eigenvalue weighted by molar-refractivity contribution is 5.80. The molecule has 0 radical (unpaired) electrons. The molecule has 1 atom stereocenters. The second kappa shape index (κ2) is 5.78. The quantitative estimate of drug-likeness (QED) is 0.842. The SMILES string of the molecule is O=C(C1CCN(c2ccnc(C(F)(F)F)c2)C1)N1CCCC1. The van der Waals surface area contributed by atoms with Crippen LogP contribution in [0.5, 0.6) is 0 Å². The van der Waals surface area contributed by atoms with E-state index in [4.69, 9.17) is 0 Å².